The fourth-order valence-electron chi connectivity index (χ4n) is 4.00. The number of nitrogens with zero attached hydrogens (tertiary/aromatic N) is 5. The van der Waals surface area contributed by atoms with Gasteiger partial charge < -0.3 is 4.90 Å². The minimum absolute atomic E-state index is 0.0264. The minimum Gasteiger partial charge on any atom is -0.333 e. The number of fused-ring (bicyclic) bond motifs is 2. The number of aryl methyl sites for hydroxylation is 1. The van der Waals surface area contributed by atoms with E-state index in [9.17, 15) is 4.79 Å². The molecule has 22 heavy (non-hydrogen) atoms. The van der Waals surface area contributed by atoms with Gasteiger partial charge in [0.15, 0.2) is 0 Å². The van der Waals surface area contributed by atoms with E-state index in [0.717, 1.165) is 25.1 Å². The summed E-state index contributed by atoms with van der Waals surface area (Å²) < 4.78 is 1.65. The predicted molar refractivity (Wildman–Crippen MR) is 81.5 cm³/mol. The summed E-state index contributed by atoms with van der Waals surface area (Å²) in [6.07, 6.45) is 8.97. The van der Waals surface area contributed by atoms with Crippen LogP contribution in [0.4, 0.5) is 0 Å². The normalized spacial score (nSPS) is 25.2. The number of piperidine rings is 1. The number of aromatic nitrogens is 4. The molecule has 3 heterocycles. The molecule has 2 aliphatic rings. The molecule has 2 atom stereocenters. The zero-order chi connectivity index (χ0) is 15.1. The topological polar surface area (TPSA) is 63.4 Å². The van der Waals surface area contributed by atoms with E-state index < -0.39 is 0 Å². The Bertz CT molecular complexity index is 708. The summed E-state index contributed by atoms with van der Waals surface area (Å²) in [7, 11) is 0. The molecule has 0 aromatic carbocycles. The molecule has 0 radical (unpaired) electrons. The first-order chi connectivity index (χ1) is 10.7. The molecule has 1 saturated carbocycles. The van der Waals surface area contributed by atoms with Gasteiger partial charge in [-0.3, -0.25) is 4.79 Å². The van der Waals surface area contributed by atoms with Crippen LogP contribution in [0.3, 0.4) is 0 Å². The smallest absolute Gasteiger partial charge is 0.293 e. The lowest BCUT2D eigenvalue weighted by molar-refractivity contribution is 0.0379. The standard InChI is InChI=1S/C16H21N5O/c1-11-8-9-17-16-18-14(19-21(11)16)15(22)20-10-4-6-12-5-2-3-7-13(12)20/h8-9,12-13H,2-7,10H2,1H3. The molecule has 2 fully saturated rings. The quantitative estimate of drug-likeness (QED) is 0.810. The summed E-state index contributed by atoms with van der Waals surface area (Å²) in [5.74, 6) is 1.43. The van der Waals surface area contributed by atoms with Crippen molar-refractivity contribution in [1.82, 2.24) is 24.5 Å². The van der Waals surface area contributed by atoms with Gasteiger partial charge in [-0.15, -0.1) is 5.10 Å². The molecule has 2 unspecified atom stereocenters. The van der Waals surface area contributed by atoms with Crippen molar-refractivity contribution in [2.75, 3.05) is 6.54 Å². The van der Waals surface area contributed by atoms with Crippen molar-refractivity contribution >= 4 is 11.7 Å². The summed E-state index contributed by atoms with van der Waals surface area (Å²) in [4.78, 5) is 23.4. The molecule has 1 aliphatic heterocycles. The van der Waals surface area contributed by atoms with E-state index in [1.165, 1.54) is 25.7 Å². The SMILES string of the molecule is Cc1ccnc2nc(C(=O)N3CCCC4CCCCC43)nn12. The molecule has 6 heteroatoms. The van der Waals surface area contributed by atoms with Gasteiger partial charge in [0, 0.05) is 24.5 Å². The van der Waals surface area contributed by atoms with Crippen molar-refractivity contribution < 1.29 is 4.79 Å². The Kier molecular flexibility index (Phi) is 3.32. The summed E-state index contributed by atoms with van der Waals surface area (Å²) in [5, 5.41) is 4.38. The van der Waals surface area contributed by atoms with Crippen LogP contribution in [0, 0.1) is 12.8 Å². The Morgan fingerprint density at radius 2 is 2.05 bits per heavy atom. The first-order valence-electron chi connectivity index (χ1n) is 8.23. The summed E-state index contributed by atoms with van der Waals surface area (Å²) >= 11 is 0. The van der Waals surface area contributed by atoms with E-state index in [0.29, 0.717) is 17.7 Å². The van der Waals surface area contributed by atoms with E-state index in [2.05, 4.69) is 15.1 Å². The molecule has 2 aromatic rings. The van der Waals surface area contributed by atoms with Crippen LogP contribution < -0.4 is 0 Å². The first-order valence-corrected chi connectivity index (χ1v) is 8.23. The van der Waals surface area contributed by atoms with Gasteiger partial charge in [-0.05, 0) is 44.6 Å². The van der Waals surface area contributed by atoms with Gasteiger partial charge in [0.25, 0.3) is 11.7 Å². The van der Waals surface area contributed by atoms with E-state index in [4.69, 9.17) is 0 Å². The van der Waals surface area contributed by atoms with Crippen molar-refractivity contribution in [3.63, 3.8) is 0 Å². The third-order valence-corrected chi connectivity index (χ3v) is 5.13. The maximum absolute atomic E-state index is 12.9. The molecule has 1 saturated heterocycles. The van der Waals surface area contributed by atoms with Crippen molar-refractivity contribution in [1.29, 1.82) is 0 Å². The number of carbonyl (C=O) groups is 1. The Morgan fingerprint density at radius 1 is 1.23 bits per heavy atom. The van der Waals surface area contributed by atoms with Crippen LogP contribution in [0.2, 0.25) is 0 Å². The maximum atomic E-state index is 12.9. The number of amides is 1. The number of rotatable bonds is 1. The molecular formula is C16H21N5O. The lowest BCUT2D eigenvalue weighted by Crippen LogP contribution is -2.49. The van der Waals surface area contributed by atoms with Crippen LogP contribution in [0.25, 0.3) is 5.78 Å². The zero-order valence-corrected chi connectivity index (χ0v) is 12.9. The van der Waals surface area contributed by atoms with Crippen molar-refractivity contribution in [2.45, 2.75) is 51.5 Å². The maximum Gasteiger partial charge on any atom is 0.293 e. The average molecular weight is 299 g/mol. The summed E-state index contributed by atoms with van der Waals surface area (Å²) in [6.45, 7) is 2.78. The van der Waals surface area contributed by atoms with E-state index in [1.54, 1.807) is 10.7 Å². The van der Waals surface area contributed by atoms with Gasteiger partial charge >= 0.3 is 0 Å². The highest BCUT2D eigenvalue weighted by Gasteiger charge is 2.37. The third-order valence-electron chi connectivity index (χ3n) is 5.13. The fourth-order valence-corrected chi connectivity index (χ4v) is 4.00. The van der Waals surface area contributed by atoms with Gasteiger partial charge in [-0.25, -0.2) is 9.50 Å². The molecular weight excluding hydrogens is 278 g/mol. The molecule has 2 aromatic heterocycles. The Hall–Kier alpha value is -1.98. The average Bonchev–Trinajstić information content (AvgIpc) is 2.99. The van der Waals surface area contributed by atoms with Gasteiger partial charge in [0.2, 0.25) is 5.82 Å². The monoisotopic (exact) mass is 299 g/mol. The van der Waals surface area contributed by atoms with E-state index >= 15 is 0 Å². The van der Waals surface area contributed by atoms with Crippen LogP contribution in [0.5, 0.6) is 0 Å². The number of carbonyl (C=O) groups excluding carboxylic acids is 1. The van der Waals surface area contributed by atoms with E-state index in [1.807, 2.05) is 17.9 Å². The Morgan fingerprint density at radius 3 is 2.91 bits per heavy atom. The number of likely N-dealkylation sites (tertiary alicyclic amines) is 1. The molecule has 0 bridgehead atoms. The lowest BCUT2D eigenvalue weighted by atomic mass is 9.78. The van der Waals surface area contributed by atoms with Crippen LogP contribution in [0.15, 0.2) is 12.3 Å². The molecule has 0 N–H and O–H groups in total. The highest BCUT2D eigenvalue weighted by Crippen LogP contribution is 2.35. The van der Waals surface area contributed by atoms with Crippen molar-refractivity contribution in [3.05, 3.63) is 23.8 Å². The molecule has 116 valence electrons. The minimum atomic E-state index is -0.0264. The molecule has 4 rings (SSSR count). The highest BCUT2D eigenvalue weighted by atomic mass is 16.2. The van der Waals surface area contributed by atoms with Crippen LogP contribution >= 0.6 is 0 Å². The second kappa shape index (κ2) is 5.34. The summed E-state index contributed by atoms with van der Waals surface area (Å²) in [5.41, 5.74) is 0.936. The summed E-state index contributed by atoms with van der Waals surface area (Å²) in [6, 6.07) is 2.25. The second-order valence-corrected chi connectivity index (χ2v) is 6.49. The van der Waals surface area contributed by atoms with Crippen LogP contribution in [-0.4, -0.2) is 43.0 Å². The molecule has 1 aliphatic carbocycles. The zero-order valence-electron chi connectivity index (χ0n) is 12.9. The first kappa shape index (κ1) is 13.7. The fraction of sp³-hybridized carbons (Fsp3) is 0.625. The lowest BCUT2D eigenvalue weighted by Gasteiger charge is -2.43. The van der Waals surface area contributed by atoms with Crippen LogP contribution in [-0.2, 0) is 0 Å². The van der Waals surface area contributed by atoms with Gasteiger partial charge in [0.1, 0.15) is 0 Å². The third kappa shape index (κ3) is 2.17. The molecule has 1 amide bonds. The largest absolute Gasteiger partial charge is 0.333 e. The van der Waals surface area contributed by atoms with E-state index in [-0.39, 0.29) is 11.7 Å². The van der Waals surface area contributed by atoms with Gasteiger partial charge in [-0.1, -0.05) is 12.8 Å². The number of hydrogen-bond donors (Lipinski definition) is 0. The Balaban J connectivity index is 1.65. The van der Waals surface area contributed by atoms with Crippen molar-refractivity contribution in [3.8, 4) is 0 Å². The van der Waals surface area contributed by atoms with Crippen molar-refractivity contribution in [2.24, 2.45) is 5.92 Å². The second-order valence-electron chi connectivity index (χ2n) is 6.49. The Labute approximate surface area is 129 Å². The van der Waals surface area contributed by atoms with Gasteiger partial charge in [0.05, 0.1) is 0 Å². The molecule has 6 nitrogen and oxygen atoms in total. The van der Waals surface area contributed by atoms with Crippen LogP contribution in [0.1, 0.15) is 54.8 Å². The highest BCUT2D eigenvalue weighted by molar-refractivity contribution is 5.91. The molecule has 0 spiro atoms. The number of hydrogen-bond acceptors (Lipinski definition) is 4. The van der Waals surface area contributed by atoms with Gasteiger partial charge in [-0.2, -0.15) is 4.98 Å². The predicted octanol–water partition coefficient (Wildman–Crippen LogP) is 2.23.